The summed E-state index contributed by atoms with van der Waals surface area (Å²) in [5.41, 5.74) is 5.67. The van der Waals surface area contributed by atoms with E-state index in [2.05, 4.69) is 22.8 Å². The van der Waals surface area contributed by atoms with Crippen LogP contribution in [0.4, 0.5) is 17.1 Å². The summed E-state index contributed by atoms with van der Waals surface area (Å²) in [5.74, 6) is 0.229. The summed E-state index contributed by atoms with van der Waals surface area (Å²) in [4.78, 5) is 43.3. The molecule has 1 heterocycles. The van der Waals surface area contributed by atoms with Crippen LogP contribution in [-0.4, -0.2) is 37.7 Å². The normalized spacial score (nSPS) is 12.2. The fourth-order valence-electron chi connectivity index (χ4n) is 5.67. The van der Waals surface area contributed by atoms with E-state index in [1.54, 1.807) is 61.7 Å². The van der Waals surface area contributed by atoms with Crippen LogP contribution < -0.4 is 25.0 Å². The van der Waals surface area contributed by atoms with Crippen molar-refractivity contribution in [3.05, 3.63) is 149 Å². The van der Waals surface area contributed by atoms with Crippen LogP contribution in [0, 0.1) is 0 Å². The molecule has 0 unspecified atom stereocenters. The summed E-state index contributed by atoms with van der Waals surface area (Å²) in [5, 5.41) is 5.67. The molecule has 0 aliphatic carbocycles. The lowest BCUT2D eigenvalue weighted by molar-refractivity contribution is -0.115. The highest BCUT2D eigenvalue weighted by Crippen LogP contribution is 2.37. The van der Waals surface area contributed by atoms with Gasteiger partial charge in [-0.05, 0) is 90.2 Å². The molecule has 3 amide bonds. The Labute approximate surface area is 289 Å². The third kappa shape index (κ3) is 7.85. The highest BCUT2D eigenvalue weighted by Gasteiger charge is 2.25. The molecule has 6 rings (SSSR count). The number of fused-ring (bicyclic) bond motifs is 2. The van der Waals surface area contributed by atoms with E-state index in [0.717, 1.165) is 40.2 Å². The standard InChI is InChI=1S/C40H35N3O5S/c1-47-36-22-19-27(24-37(36)48-2)23-33(42-39(45)30-13-4-3-5-14-30)40(46)41-31-15-10-16-32(25-31)49-26-38(44)43-34-17-8-6-11-28(34)20-21-29-12-7-9-18-35(29)43/h3-19,22-25H,20-21,26H2,1-2H3,(H,41,46)(H,42,45)/b33-23-. The maximum atomic E-state index is 13.9. The van der Waals surface area contributed by atoms with Crippen LogP contribution in [0.2, 0.25) is 0 Å². The minimum Gasteiger partial charge on any atom is -0.493 e. The Morgan fingerprint density at radius 2 is 1.39 bits per heavy atom. The topological polar surface area (TPSA) is 97.0 Å². The van der Waals surface area contributed by atoms with E-state index in [1.165, 1.54) is 18.9 Å². The first-order valence-corrected chi connectivity index (χ1v) is 16.7. The number of carbonyl (C=O) groups excluding carboxylic acids is 3. The molecule has 0 radical (unpaired) electrons. The Morgan fingerprint density at radius 3 is 2.06 bits per heavy atom. The lowest BCUT2D eigenvalue weighted by atomic mass is 10.0. The van der Waals surface area contributed by atoms with E-state index in [4.69, 9.17) is 9.47 Å². The maximum Gasteiger partial charge on any atom is 0.272 e. The van der Waals surface area contributed by atoms with Crippen molar-refractivity contribution in [2.75, 3.05) is 30.2 Å². The smallest absolute Gasteiger partial charge is 0.272 e. The summed E-state index contributed by atoms with van der Waals surface area (Å²) >= 11 is 1.39. The second kappa shape index (κ2) is 15.4. The Balaban J connectivity index is 1.21. The Bertz CT molecular complexity index is 1980. The van der Waals surface area contributed by atoms with Gasteiger partial charge in [0.05, 0.1) is 31.3 Å². The molecule has 0 aromatic heterocycles. The van der Waals surface area contributed by atoms with E-state index in [1.807, 2.05) is 65.6 Å². The second-order valence-corrected chi connectivity index (χ2v) is 12.3. The first kappa shape index (κ1) is 33.1. The van der Waals surface area contributed by atoms with Gasteiger partial charge in [0.1, 0.15) is 5.70 Å². The zero-order chi connectivity index (χ0) is 34.2. The third-order valence-corrected chi connectivity index (χ3v) is 9.06. The molecule has 9 heteroatoms. The zero-order valence-corrected chi connectivity index (χ0v) is 28.0. The fraction of sp³-hybridized carbons (Fsp3) is 0.125. The monoisotopic (exact) mass is 669 g/mol. The number of carbonyl (C=O) groups is 3. The number of methoxy groups -OCH3 is 2. The molecule has 1 aliphatic heterocycles. The largest absolute Gasteiger partial charge is 0.493 e. The van der Waals surface area contributed by atoms with Crippen molar-refractivity contribution in [2.24, 2.45) is 0 Å². The molecule has 0 spiro atoms. The highest BCUT2D eigenvalue weighted by atomic mass is 32.2. The molecule has 0 saturated heterocycles. The van der Waals surface area contributed by atoms with Crippen LogP contribution in [0.3, 0.4) is 0 Å². The molecule has 5 aromatic rings. The average Bonchev–Trinajstić information content (AvgIpc) is 3.31. The molecule has 0 saturated carbocycles. The number of para-hydroxylation sites is 2. The Kier molecular flexibility index (Phi) is 10.4. The second-order valence-electron chi connectivity index (χ2n) is 11.2. The third-order valence-electron chi connectivity index (χ3n) is 8.08. The molecule has 0 atom stereocenters. The molecule has 5 aromatic carbocycles. The van der Waals surface area contributed by atoms with E-state index in [9.17, 15) is 14.4 Å². The average molecular weight is 670 g/mol. The fourth-order valence-corrected chi connectivity index (χ4v) is 6.48. The Hall–Kier alpha value is -5.80. The van der Waals surface area contributed by atoms with Crippen LogP contribution >= 0.6 is 11.8 Å². The summed E-state index contributed by atoms with van der Waals surface area (Å²) in [6.45, 7) is 0. The van der Waals surface area contributed by atoms with Crippen molar-refractivity contribution in [1.29, 1.82) is 0 Å². The number of amides is 3. The van der Waals surface area contributed by atoms with Gasteiger partial charge in [-0.2, -0.15) is 0 Å². The molecular weight excluding hydrogens is 635 g/mol. The van der Waals surface area contributed by atoms with E-state index >= 15 is 0 Å². The highest BCUT2D eigenvalue weighted by molar-refractivity contribution is 8.00. The molecular formula is C40H35N3O5S. The molecule has 0 fully saturated rings. The summed E-state index contributed by atoms with van der Waals surface area (Å²) < 4.78 is 10.8. The van der Waals surface area contributed by atoms with Gasteiger partial charge in [0.25, 0.3) is 11.8 Å². The van der Waals surface area contributed by atoms with Crippen molar-refractivity contribution in [3.8, 4) is 11.5 Å². The predicted molar refractivity (Wildman–Crippen MR) is 195 cm³/mol. The van der Waals surface area contributed by atoms with Crippen molar-refractivity contribution in [3.63, 3.8) is 0 Å². The molecule has 2 N–H and O–H groups in total. The number of nitrogens with zero attached hydrogens (tertiary/aromatic N) is 1. The molecule has 49 heavy (non-hydrogen) atoms. The number of nitrogens with one attached hydrogen (secondary N) is 2. The lowest BCUT2D eigenvalue weighted by Crippen LogP contribution is -2.30. The Morgan fingerprint density at radius 1 is 0.735 bits per heavy atom. The number of thioether (sulfide) groups is 1. The molecule has 246 valence electrons. The SMILES string of the molecule is COc1ccc(/C=C(\NC(=O)c2ccccc2)C(=O)Nc2cccc(SCC(=O)N3c4ccccc4CCc4ccccc43)c2)cc1OC. The van der Waals surface area contributed by atoms with Crippen LogP contribution in [0.25, 0.3) is 6.08 Å². The van der Waals surface area contributed by atoms with E-state index in [0.29, 0.717) is 28.3 Å². The molecule has 8 nitrogen and oxygen atoms in total. The van der Waals surface area contributed by atoms with Gasteiger partial charge in [-0.3, -0.25) is 19.3 Å². The number of benzene rings is 5. The van der Waals surface area contributed by atoms with Gasteiger partial charge >= 0.3 is 0 Å². The number of hydrogen-bond acceptors (Lipinski definition) is 6. The van der Waals surface area contributed by atoms with E-state index in [-0.39, 0.29) is 17.4 Å². The van der Waals surface area contributed by atoms with Gasteiger partial charge in [-0.25, -0.2) is 0 Å². The maximum absolute atomic E-state index is 13.9. The van der Waals surface area contributed by atoms with Gasteiger partial charge in [0.15, 0.2) is 11.5 Å². The number of anilines is 3. The number of hydrogen-bond donors (Lipinski definition) is 2. The molecule has 0 bridgehead atoms. The quantitative estimate of drug-likeness (QED) is 0.117. The van der Waals surface area contributed by atoms with E-state index < -0.39 is 11.8 Å². The minimum absolute atomic E-state index is 0.0350. The first-order chi connectivity index (χ1) is 23.9. The summed E-state index contributed by atoms with van der Waals surface area (Å²) in [7, 11) is 3.07. The van der Waals surface area contributed by atoms with Crippen molar-refractivity contribution in [1.82, 2.24) is 5.32 Å². The number of aryl methyl sites for hydroxylation is 2. The zero-order valence-electron chi connectivity index (χ0n) is 27.1. The van der Waals surface area contributed by atoms with Crippen LogP contribution in [0.1, 0.15) is 27.0 Å². The van der Waals surface area contributed by atoms with Crippen LogP contribution in [0.5, 0.6) is 11.5 Å². The number of rotatable bonds is 10. The van der Waals surface area contributed by atoms with Crippen LogP contribution in [-0.2, 0) is 22.4 Å². The van der Waals surface area contributed by atoms with Gasteiger partial charge < -0.3 is 20.1 Å². The van der Waals surface area contributed by atoms with Gasteiger partial charge in [0.2, 0.25) is 5.91 Å². The van der Waals surface area contributed by atoms with Crippen LogP contribution in [0.15, 0.2) is 132 Å². The van der Waals surface area contributed by atoms with Gasteiger partial charge in [-0.1, -0.05) is 66.7 Å². The van der Waals surface area contributed by atoms with Crippen molar-refractivity contribution < 1.29 is 23.9 Å². The van der Waals surface area contributed by atoms with Gasteiger partial charge in [-0.15, -0.1) is 11.8 Å². The lowest BCUT2D eigenvalue weighted by Gasteiger charge is -2.25. The number of ether oxygens (including phenoxy) is 2. The molecule has 1 aliphatic rings. The van der Waals surface area contributed by atoms with Crippen molar-refractivity contribution in [2.45, 2.75) is 17.7 Å². The van der Waals surface area contributed by atoms with Crippen molar-refractivity contribution >= 4 is 52.6 Å². The predicted octanol–water partition coefficient (Wildman–Crippen LogP) is 7.67. The summed E-state index contributed by atoms with van der Waals surface area (Å²) in [6, 6.07) is 37.3. The minimum atomic E-state index is -0.518. The summed E-state index contributed by atoms with van der Waals surface area (Å²) in [6.07, 6.45) is 3.30. The van der Waals surface area contributed by atoms with Gasteiger partial charge in [0, 0.05) is 16.1 Å². The first-order valence-electron chi connectivity index (χ1n) is 15.8.